The molecule has 0 aliphatic carbocycles. The molecule has 2 atom stereocenters. The first kappa shape index (κ1) is 15.3. The van der Waals surface area contributed by atoms with Gasteiger partial charge in [0.05, 0.1) is 0 Å². The van der Waals surface area contributed by atoms with E-state index in [1.807, 2.05) is 36.4 Å². The highest BCUT2D eigenvalue weighted by Gasteiger charge is 2.36. The highest BCUT2D eigenvalue weighted by molar-refractivity contribution is 5.71. The molecule has 0 spiro atoms. The van der Waals surface area contributed by atoms with E-state index in [2.05, 4.69) is 10.3 Å². The van der Waals surface area contributed by atoms with E-state index in [4.69, 9.17) is 4.74 Å². The molecule has 0 saturated carbocycles. The fourth-order valence-electron chi connectivity index (χ4n) is 3.01. The van der Waals surface area contributed by atoms with Crippen molar-refractivity contribution in [2.45, 2.75) is 12.1 Å². The van der Waals surface area contributed by atoms with Crippen LogP contribution in [0.5, 0.6) is 0 Å². The van der Waals surface area contributed by atoms with E-state index in [0.29, 0.717) is 0 Å². The summed E-state index contributed by atoms with van der Waals surface area (Å²) < 4.78 is 18.6. The molecule has 2 aromatic carbocycles. The maximum atomic E-state index is 13.2. The fraction of sp³-hybridized carbons (Fsp3) is 0.100. The molecule has 1 fully saturated rings. The van der Waals surface area contributed by atoms with Crippen LogP contribution in [0.25, 0.3) is 11.1 Å². The Kier molecular flexibility index (Phi) is 3.90. The quantitative estimate of drug-likeness (QED) is 0.772. The van der Waals surface area contributed by atoms with Crippen molar-refractivity contribution >= 4 is 6.09 Å². The van der Waals surface area contributed by atoms with E-state index in [1.54, 1.807) is 24.5 Å². The zero-order chi connectivity index (χ0) is 17.2. The van der Waals surface area contributed by atoms with E-state index in [-0.39, 0.29) is 11.9 Å². The Morgan fingerprint density at radius 3 is 2.44 bits per heavy atom. The van der Waals surface area contributed by atoms with Crippen LogP contribution in [-0.4, -0.2) is 11.1 Å². The zero-order valence-electron chi connectivity index (χ0n) is 13.2. The molecule has 3 aromatic rings. The number of hydrogen-bond acceptors (Lipinski definition) is 3. The van der Waals surface area contributed by atoms with Crippen LogP contribution in [0.2, 0.25) is 0 Å². The molecule has 0 radical (unpaired) electrons. The summed E-state index contributed by atoms with van der Waals surface area (Å²) in [5, 5.41) is 2.82. The number of alkyl carbamates (subject to hydrolysis) is 1. The number of carbonyl (C=O) groups excluding carboxylic acids is 1. The summed E-state index contributed by atoms with van der Waals surface area (Å²) in [5.74, 6) is -0.328. The molecule has 25 heavy (non-hydrogen) atoms. The van der Waals surface area contributed by atoms with Gasteiger partial charge in [-0.1, -0.05) is 42.5 Å². The van der Waals surface area contributed by atoms with Crippen LogP contribution in [0.3, 0.4) is 0 Å². The first-order valence-electron chi connectivity index (χ1n) is 7.94. The molecule has 1 amide bonds. The maximum Gasteiger partial charge on any atom is 0.408 e. The van der Waals surface area contributed by atoms with Crippen LogP contribution in [0.4, 0.5) is 9.18 Å². The minimum atomic E-state index is -0.527. The summed E-state index contributed by atoms with van der Waals surface area (Å²) in [6.07, 6.45) is 2.47. The number of benzene rings is 2. The monoisotopic (exact) mass is 334 g/mol. The van der Waals surface area contributed by atoms with Gasteiger partial charge in [-0.3, -0.25) is 4.98 Å². The Hall–Kier alpha value is -3.21. The molecule has 4 nitrogen and oxygen atoms in total. The summed E-state index contributed by atoms with van der Waals surface area (Å²) in [6, 6.07) is 17.5. The minimum absolute atomic E-state index is 0.328. The van der Waals surface area contributed by atoms with Gasteiger partial charge in [0.25, 0.3) is 0 Å². The SMILES string of the molecule is O=C1N[C@H](c2cncc(-c3ccccc3)c2)[C@@H](c2ccc(F)cc2)O1. The van der Waals surface area contributed by atoms with Crippen molar-refractivity contribution in [1.82, 2.24) is 10.3 Å². The second kappa shape index (κ2) is 6.36. The molecule has 1 N–H and O–H groups in total. The predicted molar refractivity (Wildman–Crippen MR) is 91.2 cm³/mol. The first-order valence-corrected chi connectivity index (χ1v) is 7.94. The zero-order valence-corrected chi connectivity index (χ0v) is 13.2. The van der Waals surface area contributed by atoms with Crippen LogP contribution in [0.1, 0.15) is 23.3 Å². The molecule has 0 unspecified atom stereocenters. The number of nitrogens with zero attached hydrogens (tertiary/aromatic N) is 1. The highest BCUT2D eigenvalue weighted by Crippen LogP contribution is 2.37. The number of hydrogen-bond donors (Lipinski definition) is 1. The van der Waals surface area contributed by atoms with Crippen LogP contribution in [0.15, 0.2) is 73.1 Å². The number of amides is 1. The number of nitrogens with one attached hydrogen (secondary N) is 1. The maximum absolute atomic E-state index is 13.2. The molecule has 1 saturated heterocycles. The van der Waals surface area contributed by atoms with Gasteiger partial charge in [0.15, 0.2) is 6.10 Å². The molecular formula is C20H15FN2O2. The van der Waals surface area contributed by atoms with Crippen molar-refractivity contribution in [3.8, 4) is 11.1 Å². The van der Waals surface area contributed by atoms with Gasteiger partial charge in [0, 0.05) is 18.0 Å². The number of halogens is 1. The molecule has 5 heteroatoms. The number of cyclic esters (lactones) is 1. The third-order valence-corrected chi connectivity index (χ3v) is 4.23. The lowest BCUT2D eigenvalue weighted by Gasteiger charge is -2.18. The van der Waals surface area contributed by atoms with Gasteiger partial charge in [-0.25, -0.2) is 9.18 Å². The van der Waals surface area contributed by atoms with Crippen molar-refractivity contribution in [2.24, 2.45) is 0 Å². The third kappa shape index (κ3) is 3.08. The summed E-state index contributed by atoms with van der Waals surface area (Å²) in [6.45, 7) is 0. The van der Waals surface area contributed by atoms with Gasteiger partial charge < -0.3 is 10.1 Å². The topological polar surface area (TPSA) is 51.2 Å². The summed E-state index contributed by atoms with van der Waals surface area (Å²) in [5.41, 5.74) is 3.56. The molecular weight excluding hydrogens is 319 g/mol. The van der Waals surface area contributed by atoms with Crippen LogP contribution in [0, 0.1) is 5.82 Å². The Balaban J connectivity index is 1.70. The number of rotatable bonds is 3. The fourth-order valence-corrected chi connectivity index (χ4v) is 3.01. The number of carbonyl (C=O) groups is 1. The predicted octanol–water partition coefficient (Wildman–Crippen LogP) is 4.41. The van der Waals surface area contributed by atoms with E-state index in [1.165, 1.54) is 12.1 Å². The van der Waals surface area contributed by atoms with E-state index < -0.39 is 12.2 Å². The molecule has 1 aliphatic rings. The third-order valence-electron chi connectivity index (χ3n) is 4.23. The van der Waals surface area contributed by atoms with Crippen LogP contribution in [-0.2, 0) is 4.74 Å². The van der Waals surface area contributed by atoms with E-state index >= 15 is 0 Å². The average Bonchev–Trinajstić information content (AvgIpc) is 3.05. The molecule has 1 aliphatic heterocycles. The Labute approximate surface area is 144 Å². The lowest BCUT2D eigenvalue weighted by Crippen LogP contribution is -2.19. The van der Waals surface area contributed by atoms with Gasteiger partial charge >= 0.3 is 6.09 Å². The summed E-state index contributed by atoms with van der Waals surface area (Å²) in [7, 11) is 0. The van der Waals surface area contributed by atoms with Gasteiger partial charge in [-0.2, -0.15) is 0 Å². The van der Waals surface area contributed by atoms with Crippen LogP contribution < -0.4 is 5.32 Å². The Morgan fingerprint density at radius 1 is 0.920 bits per heavy atom. The minimum Gasteiger partial charge on any atom is -0.439 e. The molecule has 0 bridgehead atoms. The lowest BCUT2D eigenvalue weighted by atomic mass is 9.95. The molecule has 1 aromatic heterocycles. The van der Waals surface area contributed by atoms with Crippen molar-refractivity contribution in [3.05, 3.63) is 90.0 Å². The van der Waals surface area contributed by atoms with Gasteiger partial charge in [0.1, 0.15) is 11.9 Å². The Bertz CT molecular complexity index is 897. The van der Waals surface area contributed by atoms with Crippen molar-refractivity contribution < 1.29 is 13.9 Å². The van der Waals surface area contributed by atoms with Gasteiger partial charge in [-0.15, -0.1) is 0 Å². The lowest BCUT2D eigenvalue weighted by molar-refractivity contribution is 0.132. The van der Waals surface area contributed by atoms with Gasteiger partial charge in [0.2, 0.25) is 0 Å². The first-order chi connectivity index (χ1) is 12.2. The van der Waals surface area contributed by atoms with Gasteiger partial charge in [-0.05, 0) is 34.9 Å². The summed E-state index contributed by atoms with van der Waals surface area (Å²) in [4.78, 5) is 16.1. The van der Waals surface area contributed by atoms with Crippen molar-refractivity contribution in [1.29, 1.82) is 0 Å². The number of ether oxygens (including phenoxy) is 1. The number of aromatic nitrogens is 1. The largest absolute Gasteiger partial charge is 0.439 e. The average molecular weight is 334 g/mol. The number of pyridine rings is 1. The Morgan fingerprint density at radius 2 is 1.68 bits per heavy atom. The smallest absolute Gasteiger partial charge is 0.408 e. The second-order valence-corrected chi connectivity index (χ2v) is 5.87. The van der Waals surface area contributed by atoms with Crippen molar-refractivity contribution in [3.63, 3.8) is 0 Å². The molecule has 124 valence electrons. The second-order valence-electron chi connectivity index (χ2n) is 5.87. The van der Waals surface area contributed by atoms with E-state index in [9.17, 15) is 9.18 Å². The normalized spacial score (nSPS) is 19.3. The molecule has 4 rings (SSSR count). The molecule has 2 heterocycles. The van der Waals surface area contributed by atoms with Crippen molar-refractivity contribution in [2.75, 3.05) is 0 Å². The van der Waals surface area contributed by atoms with E-state index in [0.717, 1.165) is 22.3 Å². The highest BCUT2D eigenvalue weighted by atomic mass is 19.1. The van der Waals surface area contributed by atoms with Crippen LogP contribution >= 0.6 is 0 Å². The summed E-state index contributed by atoms with van der Waals surface area (Å²) >= 11 is 0. The standard InChI is InChI=1S/C20H15FN2O2/c21-17-8-6-14(7-9-17)19-18(23-20(24)25-19)16-10-15(11-22-12-16)13-4-2-1-3-5-13/h1-12,18-19H,(H,23,24)/t18-,19-/m1/s1.